The summed E-state index contributed by atoms with van der Waals surface area (Å²) in [7, 11) is 0. The first-order chi connectivity index (χ1) is 6.81. The Morgan fingerprint density at radius 2 is 2.07 bits per heavy atom. The summed E-state index contributed by atoms with van der Waals surface area (Å²) < 4.78 is 0. The zero-order valence-corrected chi connectivity index (χ0v) is 10.1. The van der Waals surface area contributed by atoms with Gasteiger partial charge in [-0.3, -0.25) is 4.79 Å². The van der Waals surface area contributed by atoms with Crippen molar-refractivity contribution < 1.29 is 4.79 Å². The van der Waals surface area contributed by atoms with Crippen LogP contribution in [-0.4, -0.2) is 29.2 Å². The molecule has 1 saturated heterocycles. The molecule has 1 amide bonds. The summed E-state index contributed by atoms with van der Waals surface area (Å²) in [5.41, 5.74) is 0. The van der Waals surface area contributed by atoms with E-state index < -0.39 is 0 Å². The van der Waals surface area contributed by atoms with Gasteiger partial charge in [0.05, 0.1) is 0 Å². The molecule has 1 aliphatic heterocycles. The molecule has 0 N–H and O–H groups in total. The minimum Gasteiger partial charge on any atom is -0.342 e. The van der Waals surface area contributed by atoms with Crippen LogP contribution in [0.2, 0.25) is 0 Å². The molecule has 1 unspecified atom stereocenters. The van der Waals surface area contributed by atoms with Crippen LogP contribution in [0.15, 0.2) is 0 Å². The number of piperidine rings is 1. The van der Waals surface area contributed by atoms with Gasteiger partial charge >= 0.3 is 0 Å². The molecule has 2 aliphatic rings. The van der Waals surface area contributed by atoms with E-state index in [1.165, 1.54) is 19.3 Å². The standard InChI is InChI=1S/C11H18BrNO/c12-7-9-3-2-6-13(8-9)11(14)10-4-1-5-10/h9-10H,1-8H2. The van der Waals surface area contributed by atoms with Gasteiger partial charge in [0.15, 0.2) is 0 Å². The van der Waals surface area contributed by atoms with Crippen molar-refractivity contribution in [2.75, 3.05) is 18.4 Å². The smallest absolute Gasteiger partial charge is 0.225 e. The zero-order chi connectivity index (χ0) is 9.97. The van der Waals surface area contributed by atoms with Crippen LogP contribution in [0, 0.1) is 11.8 Å². The van der Waals surface area contributed by atoms with E-state index in [0.29, 0.717) is 17.7 Å². The number of hydrogen-bond donors (Lipinski definition) is 0. The zero-order valence-electron chi connectivity index (χ0n) is 8.54. The minimum absolute atomic E-state index is 0.379. The Balaban J connectivity index is 1.86. The Bertz CT molecular complexity index is 215. The van der Waals surface area contributed by atoms with Gasteiger partial charge < -0.3 is 4.90 Å². The lowest BCUT2D eigenvalue weighted by atomic mass is 9.83. The molecular formula is C11H18BrNO. The Morgan fingerprint density at radius 3 is 2.64 bits per heavy atom. The van der Waals surface area contributed by atoms with Crippen LogP contribution >= 0.6 is 15.9 Å². The van der Waals surface area contributed by atoms with E-state index >= 15 is 0 Å². The van der Waals surface area contributed by atoms with Crippen LogP contribution in [0.4, 0.5) is 0 Å². The summed E-state index contributed by atoms with van der Waals surface area (Å²) in [6, 6.07) is 0. The largest absolute Gasteiger partial charge is 0.342 e. The molecule has 2 nitrogen and oxygen atoms in total. The second-order valence-corrected chi connectivity index (χ2v) is 5.22. The quantitative estimate of drug-likeness (QED) is 0.698. The van der Waals surface area contributed by atoms with E-state index in [2.05, 4.69) is 20.8 Å². The topological polar surface area (TPSA) is 20.3 Å². The normalized spacial score (nSPS) is 28.6. The molecule has 14 heavy (non-hydrogen) atoms. The second kappa shape index (κ2) is 4.65. The van der Waals surface area contributed by atoms with E-state index in [0.717, 1.165) is 31.3 Å². The summed E-state index contributed by atoms with van der Waals surface area (Å²) in [4.78, 5) is 14.0. The lowest BCUT2D eigenvalue weighted by molar-refractivity contribution is -0.139. The summed E-state index contributed by atoms with van der Waals surface area (Å²) in [6.07, 6.45) is 5.99. The van der Waals surface area contributed by atoms with E-state index in [1.54, 1.807) is 0 Å². The lowest BCUT2D eigenvalue weighted by Gasteiger charge is -2.36. The Hall–Kier alpha value is -0.0500. The molecule has 1 saturated carbocycles. The summed E-state index contributed by atoms with van der Waals surface area (Å²) in [5.74, 6) is 1.50. The molecule has 0 bridgehead atoms. The number of nitrogens with zero attached hydrogens (tertiary/aromatic N) is 1. The first-order valence-electron chi connectivity index (χ1n) is 5.66. The fraction of sp³-hybridized carbons (Fsp3) is 0.909. The SMILES string of the molecule is O=C(C1CCC1)N1CCCC(CBr)C1. The fourth-order valence-corrected chi connectivity index (χ4v) is 2.83. The predicted octanol–water partition coefficient (Wildman–Crippen LogP) is 2.42. The number of carbonyl (C=O) groups excluding carboxylic acids is 1. The van der Waals surface area contributed by atoms with Crippen LogP contribution in [0.5, 0.6) is 0 Å². The third-order valence-corrected chi connectivity index (χ3v) is 4.42. The number of amides is 1. The van der Waals surface area contributed by atoms with Gasteiger partial charge in [0.1, 0.15) is 0 Å². The predicted molar refractivity (Wildman–Crippen MR) is 60.4 cm³/mol. The van der Waals surface area contributed by atoms with Crippen molar-refractivity contribution in [1.29, 1.82) is 0 Å². The maximum atomic E-state index is 12.0. The van der Waals surface area contributed by atoms with Crippen molar-refractivity contribution in [1.82, 2.24) is 4.90 Å². The minimum atomic E-state index is 0.379. The summed E-state index contributed by atoms with van der Waals surface area (Å²) in [6.45, 7) is 1.99. The first-order valence-corrected chi connectivity index (χ1v) is 6.78. The molecule has 2 fully saturated rings. The van der Waals surface area contributed by atoms with E-state index in [4.69, 9.17) is 0 Å². The van der Waals surface area contributed by atoms with Gasteiger partial charge in [0.2, 0.25) is 5.91 Å². The van der Waals surface area contributed by atoms with E-state index in [-0.39, 0.29) is 0 Å². The van der Waals surface area contributed by atoms with Gasteiger partial charge in [-0.2, -0.15) is 0 Å². The van der Waals surface area contributed by atoms with Gasteiger partial charge in [-0.05, 0) is 31.6 Å². The molecular weight excluding hydrogens is 242 g/mol. The molecule has 2 rings (SSSR count). The van der Waals surface area contributed by atoms with Gasteiger partial charge in [-0.15, -0.1) is 0 Å². The Morgan fingerprint density at radius 1 is 1.29 bits per heavy atom. The molecule has 0 aromatic rings. The van der Waals surface area contributed by atoms with Crippen molar-refractivity contribution in [3.8, 4) is 0 Å². The second-order valence-electron chi connectivity index (χ2n) is 4.57. The summed E-state index contributed by atoms with van der Waals surface area (Å²) >= 11 is 3.52. The molecule has 0 aromatic heterocycles. The van der Waals surface area contributed by atoms with Crippen molar-refractivity contribution >= 4 is 21.8 Å². The maximum Gasteiger partial charge on any atom is 0.225 e. The first kappa shape index (κ1) is 10.5. The molecule has 1 heterocycles. The third-order valence-electron chi connectivity index (χ3n) is 3.50. The van der Waals surface area contributed by atoms with Crippen molar-refractivity contribution in [2.24, 2.45) is 11.8 Å². The van der Waals surface area contributed by atoms with Gasteiger partial charge in [0, 0.05) is 24.3 Å². The average molecular weight is 260 g/mol. The lowest BCUT2D eigenvalue weighted by Crippen LogP contribution is -2.44. The van der Waals surface area contributed by atoms with Crippen LogP contribution in [0.3, 0.4) is 0 Å². The van der Waals surface area contributed by atoms with Crippen LogP contribution in [0.1, 0.15) is 32.1 Å². The van der Waals surface area contributed by atoms with Gasteiger partial charge in [0.25, 0.3) is 0 Å². The number of halogens is 1. The van der Waals surface area contributed by atoms with Crippen LogP contribution in [0.25, 0.3) is 0 Å². The van der Waals surface area contributed by atoms with Crippen LogP contribution < -0.4 is 0 Å². The van der Waals surface area contributed by atoms with Crippen molar-refractivity contribution in [3.63, 3.8) is 0 Å². The highest BCUT2D eigenvalue weighted by Crippen LogP contribution is 2.30. The highest BCUT2D eigenvalue weighted by Gasteiger charge is 2.31. The molecule has 0 spiro atoms. The van der Waals surface area contributed by atoms with Crippen molar-refractivity contribution in [3.05, 3.63) is 0 Å². The number of carbonyl (C=O) groups is 1. The number of rotatable bonds is 2. The Kier molecular flexibility index (Phi) is 3.47. The summed E-state index contributed by atoms with van der Waals surface area (Å²) in [5, 5.41) is 1.04. The highest BCUT2D eigenvalue weighted by atomic mass is 79.9. The average Bonchev–Trinajstić information content (AvgIpc) is 2.15. The number of likely N-dealkylation sites (tertiary alicyclic amines) is 1. The van der Waals surface area contributed by atoms with Crippen LogP contribution in [-0.2, 0) is 4.79 Å². The highest BCUT2D eigenvalue weighted by molar-refractivity contribution is 9.09. The van der Waals surface area contributed by atoms with Gasteiger partial charge in [-0.1, -0.05) is 22.4 Å². The molecule has 80 valence electrons. The number of alkyl halides is 1. The van der Waals surface area contributed by atoms with E-state index in [9.17, 15) is 4.79 Å². The molecule has 1 aliphatic carbocycles. The molecule has 0 radical (unpaired) electrons. The third kappa shape index (κ3) is 2.13. The molecule has 1 atom stereocenters. The Labute approximate surface area is 94.2 Å². The number of hydrogen-bond acceptors (Lipinski definition) is 1. The monoisotopic (exact) mass is 259 g/mol. The van der Waals surface area contributed by atoms with E-state index in [1.807, 2.05) is 0 Å². The van der Waals surface area contributed by atoms with Gasteiger partial charge in [-0.25, -0.2) is 0 Å². The molecule has 3 heteroatoms. The van der Waals surface area contributed by atoms with Crippen molar-refractivity contribution in [2.45, 2.75) is 32.1 Å². The molecule has 0 aromatic carbocycles. The fourth-order valence-electron chi connectivity index (χ4n) is 2.30. The maximum absolute atomic E-state index is 12.0.